The van der Waals surface area contributed by atoms with Crippen LogP contribution in [0.25, 0.3) is 11.4 Å². The number of aryl methyl sites for hydroxylation is 1. The minimum Gasteiger partial charge on any atom is -0.398 e. The van der Waals surface area contributed by atoms with Gasteiger partial charge in [0.25, 0.3) is 0 Å². The van der Waals surface area contributed by atoms with Crippen LogP contribution in [0.1, 0.15) is 30.9 Å². The molecule has 0 radical (unpaired) electrons. The van der Waals surface area contributed by atoms with Crippen molar-refractivity contribution in [3.8, 4) is 11.4 Å². The molecular formula is C15H19Cl2N3. The van der Waals surface area contributed by atoms with Gasteiger partial charge < -0.3 is 10.3 Å². The van der Waals surface area contributed by atoms with Gasteiger partial charge in [0.15, 0.2) is 5.15 Å². The lowest BCUT2D eigenvalue weighted by Gasteiger charge is -2.14. The Kier molecular flexibility index (Phi) is 4.61. The molecule has 108 valence electrons. The number of imidazole rings is 1. The van der Waals surface area contributed by atoms with Crippen molar-refractivity contribution in [3.63, 3.8) is 0 Å². The molecule has 0 amide bonds. The molecule has 0 aliphatic carbocycles. The average Bonchev–Trinajstić information content (AvgIpc) is 2.68. The summed E-state index contributed by atoms with van der Waals surface area (Å²) in [5, 5.41) is 0.843. The van der Waals surface area contributed by atoms with Crippen LogP contribution in [0, 0.1) is 13.8 Å². The van der Waals surface area contributed by atoms with Crippen molar-refractivity contribution < 1.29 is 0 Å². The molecule has 0 saturated carbocycles. The van der Waals surface area contributed by atoms with Crippen molar-refractivity contribution >= 4 is 28.9 Å². The van der Waals surface area contributed by atoms with Crippen LogP contribution in [0.5, 0.6) is 0 Å². The Morgan fingerprint density at radius 2 is 1.95 bits per heavy atom. The molecule has 0 bridgehead atoms. The highest BCUT2D eigenvalue weighted by molar-refractivity contribution is 6.40. The molecule has 3 nitrogen and oxygen atoms in total. The summed E-state index contributed by atoms with van der Waals surface area (Å²) >= 11 is 12.4. The van der Waals surface area contributed by atoms with Crippen molar-refractivity contribution in [3.05, 3.63) is 33.6 Å². The van der Waals surface area contributed by atoms with Gasteiger partial charge in [0, 0.05) is 17.8 Å². The van der Waals surface area contributed by atoms with E-state index in [4.69, 9.17) is 28.9 Å². The zero-order valence-corrected chi connectivity index (χ0v) is 13.5. The summed E-state index contributed by atoms with van der Waals surface area (Å²) in [5.74, 6) is 0.802. The third-order valence-electron chi connectivity index (χ3n) is 3.54. The first-order chi connectivity index (χ1) is 9.47. The molecule has 0 atom stereocenters. The molecule has 5 heteroatoms. The predicted octanol–water partition coefficient (Wildman–Crippen LogP) is 4.86. The molecular weight excluding hydrogens is 293 g/mol. The van der Waals surface area contributed by atoms with E-state index >= 15 is 0 Å². The first-order valence-electron chi connectivity index (χ1n) is 6.75. The summed E-state index contributed by atoms with van der Waals surface area (Å²) in [5.41, 5.74) is 9.93. The number of hydrogen-bond donors (Lipinski definition) is 1. The normalized spacial score (nSPS) is 11.1. The third kappa shape index (κ3) is 2.65. The highest BCUT2D eigenvalue weighted by Gasteiger charge is 2.19. The first-order valence-corrected chi connectivity index (χ1v) is 7.50. The van der Waals surface area contributed by atoms with E-state index in [1.54, 1.807) is 0 Å². The number of hydrogen-bond acceptors (Lipinski definition) is 2. The minimum atomic E-state index is 0.346. The largest absolute Gasteiger partial charge is 0.398 e. The Balaban J connectivity index is 2.64. The van der Waals surface area contributed by atoms with Gasteiger partial charge in [-0.3, -0.25) is 0 Å². The van der Waals surface area contributed by atoms with Crippen LogP contribution in [-0.2, 0) is 6.54 Å². The first kappa shape index (κ1) is 15.2. The van der Waals surface area contributed by atoms with Crippen molar-refractivity contribution in [2.45, 2.75) is 40.2 Å². The summed E-state index contributed by atoms with van der Waals surface area (Å²) in [6, 6.07) is 3.91. The standard InChI is InChI=1S/C15H19Cl2N3/c1-4-5-8-20-14(17)13(16)19-15(20)12-9(2)6-7-11(18)10(12)3/h6-7H,4-5,8,18H2,1-3H3. The lowest BCUT2D eigenvalue weighted by Crippen LogP contribution is -2.04. The van der Waals surface area contributed by atoms with Crippen molar-refractivity contribution in [1.29, 1.82) is 0 Å². The summed E-state index contributed by atoms with van der Waals surface area (Å²) in [7, 11) is 0. The Morgan fingerprint density at radius 3 is 2.60 bits per heavy atom. The van der Waals surface area contributed by atoms with E-state index in [1.165, 1.54) is 0 Å². The van der Waals surface area contributed by atoms with E-state index in [2.05, 4.69) is 11.9 Å². The molecule has 1 aromatic heterocycles. The van der Waals surface area contributed by atoms with Crippen LogP contribution < -0.4 is 5.73 Å². The molecule has 1 heterocycles. The molecule has 0 fully saturated rings. The molecule has 1 aromatic carbocycles. The molecule has 0 aliphatic heterocycles. The van der Waals surface area contributed by atoms with Crippen LogP contribution in [-0.4, -0.2) is 9.55 Å². The number of halogens is 2. The number of nitrogens with zero attached hydrogens (tertiary/aromatic N) is 2. The Hall–Kier alpha value is -1.19. The van der Waals surface area contributed by atoms with Gasteiger partial charge in [-0.2, -0.15) is 0 Å². The van der Waals surface area contributed by atoms with E-state index in [9.17, 15) is 0 Å². The van der Waals surface area contributed by atoms with Crippen LogP contribution >= 0.6 is 23.2 Å². The van der Waals surface area contributed by atoms with Gasteiger partial charge in [-0.25, -0.2) is 4.98 Å². The molecule has 2 N–H and O–H groups in total. The topological polar surface area (TPSA) is 43.8 Å². The Morgan fingerprint density at radius 1 is 1.25 bits per heavy atom. The third-order valence-corrected chi connectivity index (χ3v) is 4.28. The Bertz CT molecular complexity index is 633. The highest BCUT2D eigenvalue weighted by atomic mass is 35.5. The molecule has 20 heavy (non-hydrogen) atoms. The van der Waals surface area contributed by atoms with Crippen LogP contribution in [0.15, 0.2) is 12.1 Å². The smallest absolute Gasteiger partial charge is 0.166 e. The van der Waals surface area contributed by atoms with Crippen LogP contribution in [0.4, 0.5) is 5.69 Å². The lowest BCUT2D eigenvalue weighted by molar-refractivity contribution is 0.637. The van der Waals surface area contributed by atoms with Gasteiger partial charge >= 0.3 is 0 Å². The summed E-state index contributed by atoms with van der Waals surface area (Å²) in [4.78, 5) is 4.44. The maximum atomic E-state index is 6.28. The van der Waals surface area contributed by atoms with E-state index < -0.39 is 0 Å². The van der Waals surface area contributed by atoms with E-state index in [0.29, 0.717) is 10.3 Å². The lowest BCUT2D eigenvalue weighted by atomic mass is 10.0. The fourth-order valence-corrected chi connectivity index (χ4v) is 2.71. The molecule has 0 unspecified atom stereocenters. The minimum absolute atomic E-state index is 0.346. The summed E-state index contributed by atoms with van der Waals surface area (Å²) < 4.78 is 1.97. The predicted molar refractivity (Wildman–Crippen MR) is 86.5 cm³/mol. The number of rotatable bonds is 4. The second kappa shape index (κ2) is 6.06. The number of nitrogen functional groups attached to an aromatic ring is 1. The number of nitrogens with two attached hydrogens (primary N) is 1. The summed E-state index contributed by atoms with van der Waals surface area (Å²) in [6.07, 6.45) is 2.11. The number of anilines is 1. The zero-order chi connectivity index (χ0) is 14.9. The fourth-order valence-electron chi connectivity index (χ4n) is 2.32. The van der Waals surface area contributed by atoms with Gasteiger partial charge in [-0.05, 0) is 37.5 Å². The molecule has 2 aromatic rings. The zero-order valence-electron chi connectivity index (χ0n) is 12.0. The fraction of sp³-hybridized carbons (Fsp3) is 0.400. The molecule has 0 spiro atoms. The van der Waals surface area contributed by atoms with Crippen molar-refractivity contribution in [2.24, 2.45) is 0 Å². The molecule has 0 saturated heterocycles. The number of benzene rings is 1. The van der Waals surface area contributed by atoms with Gasteiger partial charge in [-0.15, -0.1) is 0 Å². The van der Waals surface area contributed by atoms with E-state index in [1.807, 2.05) is 30.5 Å². The second-order valence-electron chi connectivity index (χ2n) is 4.99. The molecule has 0 aliphatic rings. The average molecular weight is 312 g/mol. The van der Waals surface area contributed by atoms with Crippen molar-refractivity contribution in [1.82, 2.24) is 9.55 Å². The maximum Gasteiger partial charge on any atom is 0.166 e. The quantitative estimate of drug-likeness (QED) is 0.820. The van der Waals surface area contributed by atoms with Gasteiger partial charge in [0.05, 0.1) is 0 Å². The van der Waals surface area contributed by atoms with E-state index in [0.717, 1.165) is 47.6 Å². The van der Waals surface area contributed by atoms with Crippen LogP contribution in [0.3, 0.4) is 0 Å². The number of aromatic nitrogens is 2. The van der Waals surface area contributed by atoms with Crippen molar-refractivity contribution in [2.75, 3.05) is 5.73 Å². The van der Waals surface area contributed by atoms with Gasteiger partial charge in [-0.1, -0.05) is 42.6 Å². The monoisotopic (exact) mass is 311 g/mol. The summed E-state index contributed by atoms with van der Waals surface area (Å²) in [6.45, 7) is 6.99. The molecule has 2 rings (SSSR count). The SMILES string of the molecule is CCCCn1c(-c2c(C)ccc(N)c2C)nc(Cl)c1Cl. The highest BCUT2D eigenvalue weighted by Crippen LogP contribution is 2.34. The van der Waals surface area contributed by atoms with Crippen LogP contribution in [0.2, 0.25) is 10.3 Å². The maximum absolute atomic E-state index is 6.28. The van der Waals surface area contributed by atoms with Gasteiger partial charge in [0.2, 0.25) is 0 Å². The van der Waals surface area contributed by atoms with E-state index in [-0.39, 0.29) is 0 Å². The second-order valence-corrected chi connectivity index (χ2v) is 5.71. The van der Waals surface area contributed by atoms with Gasteiger partial charge in [0.1, 0.15) is 11.0 Å². The Labute approximate surface area is 129 Å². The number of unbranched alkanes of at least 4 members (excludes halogenated alkanes) is 1.